The molecule has 1 aromatic carbocycles. The Kier molecular flexibility index (Phi) is 4.35. The summed E-state index contributed by atoms with van der Waals surface area (Å²) >= 11 is 0. The van der Waals surface area contributed by atoms with Crippen LogP contribution in [0.4, 0.5) is 9.18 Å². The van der Waals surface area contributed by atoms with Gasteiger partial charge in [0.1, 0.15) is 5.82 Å². The van der Waals surface area contributed by atoms with E-state index in [-0.39, 0.29) is 11.8 Å². The van der Waals surface area contributed by atoms with Gasteiger partial charge in [0.15, 0.2) is 11.5 Å². The van der Waals surface area contributed by atoms with Crippen molar-refractivity contribution in [3.05, 3.63) is 52.7 Å². The van der Waals surface area contributed by atoms with Gasteiger partial charge in [0.05, 0.1) is 6.54 Å². The number of benzene rings is 1. The average molecular weight is 370 g/mol. The lowest BCUT2D eigenvalue weighted by Crippen LogP contribution is -2.42. The number of carbonyl (C=O) groups is 1. The van der Waals surface area contributed by atoms with Gasteiger partial charge in [-0.2, -0.15) is 10.1 Å². The van der Waals surface area contributed by atoms with Crippen LogP contribution in [-0.2, 0) is 26.6 Å². The number of hydrogen-bond acceptors (Lipinski definition) is 5. The topological polar surface area (TPSA) is 89.1 Å². The van der Waals surface area contributed by atoms with Crippen LogP contribution in [0.3, 0.4) is 0 Å². The maximum atomic E-state index is 13.0. The van der Waals surface area contributed by atoms with Crippen LogP contribution in [0.25, 0.3) is 11.6 Å². The maximum absolute atomic E-state index is 13.0. The van der Waals surface area contributed by atoms with Crippen molar-refractivity contribution >= 4 is 6.03 Å². The van der Waals surface area contributed by atoms with Crippen molar-refractivity contribution in [2.45, 2.75) is 26.4 Å². The third-order valence-corrected chi connectivity index (χ3v) is 4.62. The molecule has 9 heteroatoms. The zero-order valence-electron chi connectivity index (χ0n) is 15.1. The van der Waals surface area contributed by atoms with E-state index in [1.807, 2.05) is 7.05 Å². The number of aromatic nitrogens is 4. The normalized spacial score (nSPS) is 13.5. The quantitative estimate of drug-likeness (QED) is 0.763. The Labute approximate surface area is 155 Å². The molecular formula is C18H19FN6O2. The first kappa shape index (κ1) is 17.2. The standard InChI is InChI=1S/C18H19FN6O2/c1-11-21-17(27-23-11)16-14-10-25(8-7-15(14)24(2)22-16)18(26)20-9-12-3-5-13(19)6-4-12/h3-6H,7-10H2,1-2H3,(H,20,26). The van der Waals surface area contributed by atoms with Crippen molar-refractivity contribution in [3.63, 3.8) is 0 Å². The van der Waals surface area contributed by atoms with Gasteiger partial charge in [-0.3, -0.25) is 4.68 Å². The van der Waals surface area contributed by atoms with E-state index in [4.69, 9.17) is 4.52 Å². The van der Waals surface area contributed by atoms with Gasteiger partial charge in [-0.05, 0) is 24.6 Å². The number of hydrogen-bond donors (Lipinski definition) is 1. The SMILES string of the molecule is Cc1noc(-c2nn(C)c3c2CN(C(=O)NCc2ccc(F)cc2)CC3)n1. The average Bonchev–Trinajstić information content (AvgIpc) is 3.24. The second kappa shape index (κ2) is 6.82. The Morgan fingerprint density at radius 2 is 2.11 bits per heavy atom. The highest BCUT2D eigenvalue weighted by Crippen LogP contribution is 2.28. The molecule has 2 aromatic heterocycles. The molecule has 0 spiro atoms. The van der Waals surface area contributed by atoms with Crippen LogP contribution in [0.1, 0.15) is 22.6 Å². The first-order chi connectivity index (χ1) is 13.0. The largest absolute Gasteiger partial charge is 0.334 e. The van der Waals surface area contributed by atoms with Crippen molar-refractivity contribution in [2.24, 2.45) is 7.05 Å². The third kappa shape index (κ3) is 3.40. The summed E-state index contributed by atoms with van der Waals surface area (Å²) in [5, 5.41) is 11.2. The molecule has 8 nitrogen and oxygen atoms in total. The monoisotopic (exact) mass is 370 g/mol. The Bertz CT molecular complexity index is 978. The predicted octanol–water partition coefficient (Wildman–Crippen LogP) is 2.19. The van der Waals surface area contributed by atoms with E-state index in [1.165, 1.54) is 12.1 Å². The van der Waals surface area contributed by atoms with Crippen LogP contribution in [-0.4, -0.2) is 37.4 Å². The molecule has 0 bridgehead atoms. The molecule has 0 saturated heterocycles. The second-order valence-corrected chi connectivity index (χ2v) is 6.50. The van der Waals surface area contributed by atoms with Crippen LogP contribution in [0, 0.1) is 12.7 Å². The summed E-state index contributed by atoms with van der Waals surface area (Å²) in [4.78, 5) is 18.5. The fourth-order valence-electron chi connectivity index (χ4n) is 3.22. The molecule has 0 radical (unpaired) electrons. The minimum absolute atomic E-state index is 0.179. The van der Waals surface area contributed by atoms with Crippen molar-refractivity contribution in [2.75, 3.05) is 6.54 Å². The Morgan fingerprint density at radius 3 is 2.81 bits per heavy atom. The van der Waals surface area contributed by atoms with Gasteiger partial charge >= 0.3 is 6.03 Å². The molecule has 3 aromatic rings. The number of rotatable bonds is 3. The van der Waals surface area contributed by atoms with Crippen molar-refractivity contribution < 1.29 is 13.7 Å². The highest BCUT2D eigenvalue weighted by atomic mass is 19.1. The van der Waals surface area contributed by atoms with Crippen molar-refractivity contribution in [1.29, 1.82) is 0 Å². The second-order valence-electron chi connectivity index (χ2n) is 6.50. The van der Waals surface area contributed by atoms with Gasteiger partial charge in [0.25, 0.3) is 5.89 Å². The van der Waals surface area contributed by atoms with E-state index in [1.54, 1.807) is 28.6 Å². The van der Waals surface area contributed by atoms with Gasteiger partial charge in [0, 0.05) is 37.8 Å². The zero-order valence-corrected chi connectivity index (χ0v) is 15.1. The Hall–Kier alpha value is -3.23. The predicted molar refractivity (Wildman–Crippen MR) is 94.0 cm³/mol. The minimum atomic E-state index is -0.297. The number of aryl methyl sites for hydroxylation is 2. The lowest BCUT2D eigenvalue weighted by Gasteiger charge is -2.27. The number of nitrogens with zero attached hydrogens (tertiary/aromatic N) is 5. The zero-order chi connectivity index (χ0) is 19.0. The van der Waals surface area contributed by atoms with E-state index in [9.17, 15) is 9.18 Å². The first-order valence-electron chi connectivity index (χ1n) is 8.64. The maximum Gasteiger partial charge on any atom is 0.317 e. The number of amides is 2. The smallest absolute Gasteiger partial charge is 0.317 e. The highest BCUT2D eigenvalue weighted by Gasteiger charge is 2.29. The van der Waals surface area contributed by atoms with Gasteiger partial charge in [0.2, 0.25) is 0 Å². The molecule has 0 aliphatic carbocycles. The summed E-state index contributed by atoms with van der Waals surface area (Å²) < 4.78 is 20.0. The number of urea groups is 1. The third-order valence-electron chi connectivity index (χ3n) is 4.62. The molecule has 0 atom stereocenters. The summed E-state index contributed by atoms with van der Waals surface area (Å²) in [5.74, 6) is 0.598. The van der Waals surface area contributed by atoms with Crippen LogP contribution >= 0.6 is 0 Å². The van der Waals surface area contributed by atoms with Gasteiger partial charge in [-0.25, -0.2) is 9.18 Å². The van der Waals surface area contributed by atoms with Crippen LogP contribution in [0.5, 0.6) is 0 Å². The number of fused-ring (bicyclic) bond motifs is 1. The lowest BCUT2D eigenvalue weighted by molar-refractivity contribution is 0.191. The van der Waals surface area contributed by atoms with E-state index < -0.39 is 0 Å². The minimum Gasteiger partial charge on any atom is -0.334 e. The molecule has 0 saturated carbocycles. The van der Waals surface area contributed by atoms with Crippen LogP contribution in [0.15, 0.2) is 28.8 Å². The van der Waals surface area contributed by atoms with E-state index in [2.05, 4.69) is 20.6 Å². The molecular weight excluding hydrogens is 351 g/mol. The Morgan fingerprint density at radius 1 is 1.33 bits per heavy atom. The van der Waals surface area contributed by atoms with Gasteiger partial charge in [-0.15, -0.1) is 0 Å². The molecule has 27 heavy (non-hydrogen) atoms. The molecule has 0 unspecified atom stereocenters. The molecule has 1 N–H and O–H groups in total. The van der Waals surface area contributed by atoms with E-state index in [0.717, 1.165) is 16.8 Å². The highest BCUT2D eigenvalue weighted by molar-refractivity contribution is 5.75. The summed E-state index contributed by atoms with van der Waals surface area (Å²) in [6.45, 7) is 3.09. The molecule has 2 amide bonds. The van der Waals surface area contributed by atoms with Crippen LogP contribution in [0.2, 0.25) is 0 Å². The van der Waals surface area contributed by atoms with E-state index >= 15 is 0 Å². The van der Waals surface area contributed by atoms with Gasteiger partial charge < -0.3 is 14.7 Å². The number of halogens is 1. The molecule has 140 valence electrons. The molecule has 3 heterocycles. The van der Waals surface area contributed by atoms with Crippen molar-refractivity contribution in [1.82, 2.24) is 30.1 Å². The van der Waals surface area contributed by atoms with E-state index in [0.29, 0.717) is 43.5 Å². The number of carbonyl (C=O) groups excluding carboxylic acids is 1. The molecule has 1 aliphatic heterocycles. The lowest BCUT2D eigenvalue weighted by atomic mass is 10.1. The fraction of sp³-hybridized carbons (Fsp3) is 0.333. The summed E-state index contributed by atoms with van der Waals surface area (Å²) in [5.41, 5.74) is 3.43. The summed E-state index contributed by atoms with van der Waals surface area (Å²) in [7, 11) is 1.87. The van der Waals surface area contributed by atoms with Gasteiger partial charge in [-0.1, -0.05) is 17.3 Å². The fourth-order valence-corrected chi connectivity index (χ4v) is 3.22. The Balaban J connectivity index is 1.49. The number of nitrogens with one attached hydrogen (secondary N) is 1. The molecule has 1 aliphatic rings. The summed E-state index contributed by atoms with van der Waals surface area (Å²) in [6, 6.07) is 5.88. The van der Waals surface area contributed by atoms with Crippen molar-refractivity contribution in [3.8, 4) is 11.6 Å². The first-order valence-corrected chi connectivity index (χ1v) is 8.64. The summed E-state index contributed by atoms with van der Waals surface area (Å²) in [6.07, 6.45) is 0.690. The molecule has 0 fully saturated rings. The molecule has 4 rings (SSSR count). The van der Waals surface area contributed by atoms with Crippen LogP contribution < -0.4 is 5.32 Å².